The normalized spacial score (nSPS) is 16.7. The van der Waals surface area contributed by atoms with E-state index in [2.05, 4.69) is 46.3 Å². The Morgan fingerprint density at radius 1 is 1.10 bits per heavy atom. The number of hydrogen-bond donors (Lipinski definition) is 0. The average molecular weight is 315 g/mol. The van der Waals surface area contributed by atoms with Crippen LogP contribution >= 0.6 is 0 Å². The number of carbonyl (C=O) groups excluding carboxylic acids is 1. The van der Waals surface area contributed by atoms with E-state index in [0.717, 1.165) is 24.6 Å². The van der Waals surface area contributed by atoms with Crippen LogP contribution in [0.1, 0.15) is 48.0 Å². The van der Waals surface area contributed by atoms with Crippen molar-refractivity contribution in [3.63, 3.8) is 0 Å². The monoisotopic (exact) mass is 314 g/mol. The molecule has 0 aliphatic heterocycles. The van der Waals surface area contributed by atoms with Crippen molar-refractivity contribution in [2.75, 3.05) is 7.11 Å². The fourth-order valence-corrected chi connectivity index (χ4v) is 5.69. The smallest absolute Gasteiger partial charge is 0.330 e. The van der Waals surface area contributed by atoms with Crippen molar-refractivity contribution in [3.05, 3.63) is 12.2 Å². The first-order valence-corrected chi connectivity index (χ1v) is 10.9. The van der Waals surface area contributed by atoms with Crippen LogP contribution in [0.3, 0.4) is 0 Å². The van der Waals surface area contributed by atoms with Crippen molar-refractivity contribution in [3.8, 4) is 0 Å². The summed E-state index contributed by atoms with van der Waals surface area (Å²) in [6.07, 6.45) is 4.73. The van der Waals surface area contributed by atoms with Crippen molar-refractivity contribution >= 4 is 14.3 Å². The minimum Gasteiger partial charge on any atom is -0.466 e. The summed E-state index contributed by atoms with van der Waals surface area (Å²) in [5.41, 5.74) is 0. The average Bonchev–Trinajstić information content (AvgIpc) is 2.53. The molecule has 0 fully saturated rings. The van der Waals surface area contributed by atoms with Crippen LogP contribution in [-0.2, 0) is 14.0 Å². The predicted octanol–water partition coefficient (Wildman–Crippen LogP) is 4.79. The zero-order chi connectivity index (χ0) is 16.5. The molecule has 0 rings (SSSR count). The lowest BCUT2D eigenvalue weighted by Crippen LogP contribution is -2.44. The molecule has 21 heavy (non-hydrogen) atoms. The molecule has 0 amide bonds. The van der Waals surface area contributed by atoms with Gasteiger partial charge < -0.3 is 9.16 Å². The Labute approximate surface area is 132 Å². The summed E-state index contributed by atoms with van der Waals surface area (Å²) < 4.78 is 11.4. The van der Waals surface area contributed by atoms with Crippen molar-refractivity contribution in [1.29, 1.82) is 0 Å². The second-order valence-electron chi connectivity index (χ2n) is 5.95. The van der Waals surface area contributed by atoms with Crippen molar-refractivity contribution in [2.45, 2.75) is 72.2 Å². The van der Waals surface area contributed by atoms with E-state index in [-0.39, 0.29) is 18.0 Å². The maximum atomic E-state index is 11.3. The van der Waals surface area contributed by atoms with E-state index in [0.29, 0.717) is 5.92 Å². The van der Waals surface area contributed by atoms with E-state index in [1.165, 1.54) is 13.2 Å². The number of carbonyl (C=O) groups is 1. The van der Waals surface area contributed by atoms with E-state index in [1.807, 2.05) is 6.08 Å². The number of rotatable bonds is 10. The molecule has 0 aromatic carbocycles. The Morgan fingerprint density at radius 2 is 1.62 bits per heavy atom. The summed E-state index contributed by atoms with van der Waals surface area (Å²) >= 11 is 0. The Kier molecular flexibility index (Phi) is 9.87. The highest BCUT2D eigenvalue weighted by Gasteiger charge is 2.35. The van der Waals surface area contributed by atoms with Gasteiger partial charge in [-0.1, -0.05) is 54.0 Å². The van der Waals surface area contributed by atoms with Gasteiger partial charge in [-0.3, -0.25) is 0 Å². The molecule has 0 aliphatic carbocycles. The molecular formula is C17H34O3Si. The van der Waals surface area contributed by atoms with Gasteiger partial charge in [-0.05, 0) is 30.0 Å². The number of esters is 1. The molecule has 124 valence electrons. The third-order valence-electron chi connectivity index (χ3n) is 4.78. The van der Waals surface area contributed by atoms with Crippen LogP contribution in [0, 0.1) is 11.8 Å². The number of hydrogen-bond acceptors (Lipinski definition) is 3. The SMILES string of the molecule is CC[C@H](C)[C@@H](O[Si](CC)(CC)CC)[C@@H](C)C=CC(=O)OC. The number of methoxy groups -OCH3 is 1. The van der Waals surface area contributed by atoms with Gasteiger partial charge >= 0.3 is 5.97 Å². The van der Waals surface area contributed by atoms with Crippen LogP contribution in [0.15, 0.2) is 12.2 Å². The highest BCUT2D eigenvalue weighted by atomic mass is 28.4. The summed E-state index contributed by atoms with van der Waals surface area (Å²) in [4.78, 5) is 11.3. The van der Waals surface area contributed by atoms with Crippen molar-refractivity contribution < 1.29 is 14.0 Å². The molecule has 0 saturated heterocycles. The summed E-state index contributed by atoms with van der Waals surface area (Å²) in [7, 11) is -0.231. The van der Waals surface area contributed by atoms with Gasteiger partial charge in [0, 0.05) is 6.08 Å². The Hall–Kier alpha value is -0.613. The molecule has 3 nitrogen and oxygen atoms in total. The zero-order valence-electron chi connectivity index (χ0n) is 14.9. The third-order valence-corrected chi connectivity index (χ3v) is 9.42. The lowest BCUT2D eigenvalue weighted by Gasteiger charge is -2.38. The van der Waals surface area contributed by atoms with Gasteiger partial charge in [0.05, 0.1) is 13.2 Å². The first kappa shape index (κ1) is 20.4. The highest BCUT2D eigenvalue weighted by molar-refractivity contribution is 6.73. The van der Waals surface area contributed by atoms with Crippen LogP contribution in [0.2, 0.25) is 18.1 Å². The Bertz CT molecular complexity index is 316. The first-order valence-electron chi connectivity index (χ1n) is 8.33. The third kappa shape index (κ3) is 6.35. The minimum atomic E-state index is -1.64. The second-order valence-corrected chi connectivity index (χ2v) is 10.7. The summed E-state index contributed by atoms with van der Waals surface area (Å²) in [6.45, 7) is 13.3. The lowest BCUT2D eigenvalue weighted by atomic mass is 9.91. The van der Waals surface area contributed by atoms with Gasteiger partial charge in [-0.15, -0.1) is 0 Å². The fraction of sp³-hybridized carbons (Fsp3) is 0.824. The molecule has 0 heterocycles. The molecule has 3 atom stereocenters. The molecule has 0 saturated carbocycles. The largest absolute Gasteiger partial charge is 0.466 e. The molecule has 0 N–H and O–H groups in total. The topological polar surface area (TPSA) is 35.5 Å². The standard InChI is InChI=1S/C17H34O3Si/c1-8-14(5)17(15(6)12-13-16(18)19-7)20-21(9-2,10-3)11-4/h12-15,17H,8-11H2,1-7H3/t14-,15-,17+/m0/s1. The number of ether oxygens (including phenoxy) is 1. The molecule has 0 aromatic heterocycles. The molecule has 0 bridgehead atoms. The van der Waals surface area contributed by atoms with Gasteiger partial charge in [0.15, 0.2) is 8.32 Å². The quantitative estimate of drug-likeness (QED) is 0.330. The molecule has 4 heteroatoms. The van der Waals surface area contributed by atoms with Gasteiger partial charge in [0.1, 0.15) is 0 Å². The van der Waals surface area contributed by atoms with Crippen LogP contribution in [0.25, 0.3) is 0 Å². The Balaban J connectivity index is 5.11. The molecule has 0 radical (unpaired) electrons. The summed E-state index contributed by atoms with van der Waals surface area (Å²) in [5, 5.41) is 0. The van der Waals surface area contributed by atoms with Crippen molar-refractivity contribution in [1.82, 2.24) is 0 Å². The molecular weight excluding hydrogens is 280 g/mol. The molecule has 0 unspecified atom stereocenters. The van der Waals surface area contributed by atoms with Gasteiger partial charge in [-0.25, -0.2) is 4.79 Å². The first-order chi connectivity index (χ1) is 9.89. The maximum Gasteiger partial charge on any atom is 0.330 e. The van der Waals surface area contributed by atoms with Crippen LogP contribution < -0.4 is 0 Å². The lowest BCUT2D eigenvalue weighted by molar-refractivity contribution is -0.134. The van der Waals surface area contributed by atoms with E-state index < -0.39 is 8.32 Å². The summed E-state index contributed by atoms with van der Waals surface area (Å²) in [5.74, 6) is 0.407. The second kappa shape index (κ2) is 10.2. The molecule has 0 aromatic rings. The van der Waals surface area contributed by atoms with E-state index >= 15 is 0 Å². The zero-order valence-corrected chi connectivity index (χ0v) is 15.9. The Morgan fingerprint density at radius 3 is 2.00 bits per heavy atom. The summed E-state index contributed by atoms with van der Waals surface area (Å²) in [6, 6.07) is 3.46. The fourth-order valence-electron chi connectivity index (χ4n) is 2.67. The van der Waals surface area contributed by atoms with E-state index in [9.17, 15) is 4.79 Å². The predicted molar refractivity (Wildman–Crippen MR) is 91.8 cm³/mol. The molecule has 0 spiro atoms. The minimum absolute atomic E-state index is 0.183. The van der Waals surface area contributed by atoms with Crippen LogP contribution in [0.4, 0.5) is 0 Å². The molecule has 0 aliphatic rings. The van der Waals surface area contributed by atoms with Crippen LogP contribution in [0.5, 0.6) is 0 Å². The van der Waals surface area contributed by atoms with Gasteiger partial charge in [0.2, 0.25) is 0 Å². The van der Waals surface area contributed by atoms with Gasteiger partial charge in [0.25, 0.3) is 0 Å². The van der Waals surface area contributed by atoms with Gasteiger partial charge in [-0.2, -0.15) is 0 Å². The van der Waals surface area contributed by atoms with E-state index in [1.54, 1.807) is 0 Å². The van der Waals surface area contributed by atoms with Crippen LogP contribution in [-0.4, -0.2) is 27.5 Å². The van der Waals surface area contributed by atoms with Crippen molar-refractivity contribution in [2.24, 2.45) is 11.8 Å². The highest BCUT2D eigenvalue weighted by Crippen LogP contribution is 2.30. The van der Waals surface area contributed by atoms with E-state index in [4.69, 9.17) is 4.43 Å². The maximum absolute atomic E-state index is 11.3.